The first-order valence-corrected chi connectivity index (χ1v) is 6.66. The van der Waals surface area contributed by atoms with Gasteiger partial charge >= 0.3 is 0 Å². The maximum atomic E-state index is 8.73. The number of nitrogens with zero attached hydrogens (tertiary/aromatic N) is 2. The summed E-state index contributed by atoms with van der Waals surface area (Å²) in [5.74, 6) is 2.09. The van der Waals surface area contributed by atoms with Crippen LogP contribution in [0.4, 0.5) is 5.82 Å². The SMILES string of the molecule is N#Cc1cccc(NCC2CCCCS2)n1. The Kier molecular flexibility index (Phi) is 4.06. The Labute approximate surface area is 100 Å². The minimum atomic E-state index is 0.473. The van der Waals surface area contributed by atoms with Crippen LogP contribution in [-0.2, 0) is 0 Å². The predicted molar refractivity (Wildman–Crippen MR) is 67.5 cm³/mol. The molecule has 3 nitrogen and oxygen atoms in total. The maximum Gasteiger partial charge on any atom is 0.142 e. The predicted octanol–water partition coefficient (Wildman–Crippen LogP) is 2.65. The quantitative estimate of drug-likeness (QED) is 0.872. The molecular weight excluding hydrogens is 218 g/mol. The normalized spacial score (nSPS) is 20.1. The Morgan fingerprint density at radius 1 is 1.50 bits per heavy atom. The standard InChI is InChI=1S/C12H15N3S/c13-8-10-4-3-6-12(15-10)14-9-11-5-1-2-7-16-11/h3-4,6,11H,1-2,5,7,9H2,(H,14,15). The number of aromatic nitrogens is 1. The van der Waals surface area contributed by atoms with Crippen LogP contribution in [0.5, 0.6) is 0 Å². The summed E-state index contributed by atoms with van der Waals surface area (Å²) in [7, 11) is 0. The molecule has 0 radical (unpaired) electrons. The van der Waals surface area contributed by atoms with E-state index in [9.17, 15) is 0 Å². The van der Waals surface area contributed by atoms with E-state index >= 15 is 0 Å². The lowest BCUT2D eigenvalue weighted by Gasteiger charge is -2.21. The van der Waals surface area contributed by atoms with Crippen LogP contribution in [0.1, 0.15) is 25.0 Å². The van der Waals surface area contributed by atoms with Crippen molar-refractivity contribution < 1.29 is 0 Å². The first-order chi connectivity index (χ1) is 7.88. The highest BCUT2D eigenvalue weighted by Crippen LogP contribution is 2.25. The molecule has 2 heterocycles. The second-order valence-corrected chi connectivity index (χ2v) is 5.30. The Balaban J connectivity index is 1.86. The van der Waals surface area contributed by atoms with E-state index in [1.807, 2.05) is 30.0 Å². The molecule has 1 aliphatic heterocycles. The zero-order valence-electron chi connectivity index (χ0n) is 9.15. The molecule has 0 aromatic carbocycles. The fourth-order valence-electron chi connectivity index (χ4n) is 1.78. The summed E-state index contributed by atoms with van der Waals surface area (Å²) in [4.78, 5) is 4.19. The average molecular weight is 233 g/mol. The van der Waals surface area contributed by atoms with Gasteiger partial charge in [0.1, 0.15) is 17.6 Å². The largest absolute Gasteiger partial charge is 0.369 e. The highest BCUT2D eigenvalue weighted by atomic mass is 32.2. The molecule has 1 saturated heterocycles. The number of pyridine rings is 1. The number of hydrogen-bond acceptors (Lipinski definition) is 4. The van der Waals surface area contributed by atoms with Crippen molar-refractivity contribution in [1.82, 2.24) is 4.98 Å². The summed E-state index contributed by atoms with van der Waals surface area (Å²) in [6.07, 6.45) is 3.98. The molecule has 0 aliphatic carbocycles. The molecule has 1 aromatic heterocycles. The third kappa shape index (κ3) is 3.14. The van der Waals surface area contributed by atoms with Gasteiger partial charge in [-0.05, 0) is 30.7 Å². The summed E-state index contributed by atoms with van der Waals surface area (Å²) < 4.78 is 0. The minimum Gasteiger partial charge on any atom is -0.369 e. The van der Waals surface area contributed by atoms with Crippen LogP contribution >= 0.6 is 11.8 Å². The molecule has 16 heavy (non-hydrogen) atoms. The van der Waals surface area contributed by atoms with Crippen molar-refractivity contribution in [2.75, 3.05) is 17.6 Å². The van der Waals surface area contributed by atoms with E-state index in [0.717, 1.165) is 12.4 Å². The molecule has 0 saturated carbocycles. The van der Waals surface area contributed by atoms with Crippen LogP contribution in [0.15, 0.2) is 18.2 Å². The van der Waals surface area contributed by atoms with Gasteiger partial charge in [0.15, 0.2) is 0 Å². The van der Waals surface area contributed by atoms with E-state index in [1.165, 1.54) is 25.0 Å². The topological polar surface area (TPSA) is 48.7 Å². The number of anilines is 1. The molecular formula is C12H15N3S. The molecule has 0 bridgehead atoms. The second kappa shape index (κ2) is 5.76. The Bertz CT molecular complexity index is 380. The van der Waals surface area contributed by atoms with Gasteiger partial charge in [-0.15, -0.1) is 0 Å². The molecule has 1 fully saturated rings. The first-order valence-electron chi connectivity index (χ1n) is 5.61. The van der Waals surface area contributed by atoms with Gasteiger partial charge in [0.25, 0.3) is 0 Å². The van der Waals surface area contributed by atoms with Gasteiger partial charge in [0.2, 0.25) is 0 Å². The van der Waals surface area contributed by atoms with Crippen molar-refractivity contribution in [3.8, 4) is 6.07 Å². The summed E-state index contributed by atoms with van der Waals surface area (Å²) in [6.45, 7) is 0.951. The van der Waals surface area contributed by atoms with E-state index in [1.54, 1.807) is 6.07 Å². The van der Waals surface area contributed by atoms with Gasteiger partial charge < -0.3 is 5.32 Å². The highest BCUT2D eigenvalue weighted by molar-refractivity contribution is 7.99. The van der Waals surface area contributed by atoms with Crippen molar-refractivity contribution in [2.24, 2.45) is 0 Å². The maximum absolute atomic E-state index is 8.73. The van der Waals surface area contributed by atoms with E-state index in [-0.39, 0.29) is 0 Å². The van der Waals surface area contributed by atoms with Crippen LogP contribution in [0, 0.1) is 11.3 Å². The van der Waals surface area contributed by atoms with E-state index in [4.69, 9.17) is 5.26 Å². The van der Waals surface area contributed by atoms with Gasteiger partial charge in [-0.3, -0.25) is 0 Å². The van der Waals surface area contributed by atoms with Gasteiger partial charge in [-0.1, -0.05) is 12.5 Å². The van der Waals surface area contributed by atoms with Gasteiger partial charge in [0, 0.05) is 11.8 Å². The third-order valence-corrected chi connectivity index (χ3v) is 4.05. The molecule has 1 atom stereocenters. The molecule has 1 N–H and O–H groups in total. The van der Waals surface area contributed by atoms with Crippen molar-refractivity contribution in [1.29, 1.82) is 5.26 Å². The summed E-state index contributed by atoms with van der Waals surface area (Å²) in [5, 5.41) is 12.7. The zero-order valence-corrected chi connectivity index (χ0v) is 9.96. The monoisotopic (exact) mass is 233 g/mol. The molecule has 2 rings (SSSR count). The van der Waals surface area contributed by atoms with E-state index < -0.39 is 0 Å². The molecule has 4 heteroatoms. The van der Waals surface area contributed by atoms with E-state index in [0.29, 0.717) is 10.9 Å². The van der Waals surface area contributed by atoms with Crippen molar-refractivity contribution in [3.05, 3.63) is 23.9 Å². The first kappa shape index (κ1) is 11.3. The molecule has 1 aromatic rings. The summed E-state index contributed by atoms with van der Waals surface area (Å²) >= 11 is 2.04. The van der Waals surface area contributed by atoms with Crippen molar-refractivity contribution >= 4 is 17.6 Å². The second-order valence-electron chi connectivity index (χ2n) is 3.89. The van der Waals surface area contributed by atoms with Gasteiger partial charge in [0.05, 0.1) is 0 Å². The van der Waals surface area contributed by atoms with Crippen molar-refractivity contribution in [2.45, 2.75) is 24.5 Å². The lowest BCUT2D eigenvalue weighted by molar-refractivity contribution is 0.677. The van der Waals surface area contributed by atoms with Crippen LogP contribution in [-0.4, -0.2) is 22.5 Å². The van der Waals surface area contributed by atoms with Gasteiger partial charge in [-0.2, -0.15) is 17.0 Å². The summed E-state index contributed by atoms with van der Waals surface area (Å²) in [6, 6.07) is 7.55. The number of nitriles is 1. The Hall–Kier alpha value is -1.21. The molecule has 1 unspecified atom stereocenters. The Morgan fingerprint density at radius 2 is 2.44 bits per heavy atom. The fourth-order valence-corrected chi connectivity index (χ4v) is 3.02. The summed E-state index contributed by atoms with van der Waals surface area (Å²) in [5.41, 5.74) is 0.473. The number of nitrogens with one attached hydrogen (secondary N) is 1. The average Bonchev–Trinajstić information content (AvgIpc) is 2.38. The number of thioether (sulfide) groups is 1. The van der Waals surface area contributed by atoms with Crippen LogP contribution in [0.25, 0.3) is 0 Å². The van der Waals surface area contributed by atoms with E-state index in [2.05, 4.69) is 10.3 Å². The third-order valence-electron chi connectivity index (χ3n) is 2.65. The Morgan fingerprint density at radius 3 is 3.19 bits per heavy atom. The van der Waals surface area contributed by atoms with Crippen molar-refractivity contribution in [3.63, 3.8) is 0 Å². The molecule has 0 amide bonds. The highest BCUT2D eigenvalue weighted by Gasteiger charge is 2.13. The lowest BCUT2D eigenvalue weighted by atomic mass is 10.2. The van der Waals surface area contributed by atoms with Crippen LogP contribution < -0.4 is 5.32 Å². The van der Waals surface area contributed by atoms with Gasteiger partial charge in [-0.25, -0.2) is 4.98 Å². The number of rotatable bonds is 3. The van der Waals surface area contributed by atoms with Crippen LogP contribution in [0.2, 0.25) is 0 Å². The van der Waals surface area contributed by atoms with Crippen LogP contribution in [0.3, 0.4) is 0 Å². The minimum absolute atomic E-state index is 0.473. The lowest BCUT2D eigenvalue weighted by Crippen LogP contribution is -2.20. The zero-order chi connectivity index (χ0) is 11.2. The molecule has 0 spiro atoms. The fraction of sp³-hybridized carbons (Fsp3) is 0.500. The number of hydrogen-bond donors (Lipinski definition) is 1. The smallest absolute Gasteiger partial charge is 0.142 e. The molecule has 1 aliphatic rings. The molecule has 84 valence electrons.